The molecule has 1 aromatic carbocycles. The van der Waals surface area contributed by atoms with E-state index in [2.05, 4.69) is 29.1 Å². The summed E-state index contributed by atoms with van der Waals surface area (Å²) >= 11 is 0. The van der Waals surface area contributed by atoms with Crippen LogP contribution in [0.5, 0.6) is 0 Å². The zero-order chi connectivity index (χ0) is 15.5. The summed E-state index contributed by atoms with van der Waals surface area (Å²) < 4.78 is 2.23. The molecule has 1 aromatic heterocycles. The highest BCUT2D eigenvalue weighted by Gasteiger charge is 2.32. The molecule has 1 heterocycles. The number of carbonyl (C=O) groups is 1. The number of carbonyl (C=O) groups excluding carboxylic acids is 1. The van der Waals surface area contributed by atoms with Gasteiger partial charge in [-0.25, -0.2) is 4.79 Å². The fourth-order valence-corrected chi connectivity index (χ4v) is 2.85. The number of amides is 2. The Kier molecular flexibility index (Phi) is 4.34. The standard InChI is InChI=1S/C17H23N3O2/c1-2-8-19-9-7-13-12-14(3-6-16(13)19)18-17(22)20(10-11-21)15-4-5-15/h3,6-7,9,12,15,21H,2,4-5,8,10-11H2,1H3,(H,18,22). The maximum atomic E-state index is 12.3. The Balaban J connectivity index is 1.74. The van der Waals surface area contributed by atoms with Gasteiger partial charge in [-0.05, 0) is 43.5 Å². The topological polar surface area (TPSA) is 57.5 Å². The molecule has 0 saturated heterocycles. The summed E-state index contributed by atoms with van der Waals surface area (Å²) in [5.41, 5.74) is 1.99. The van der Waals surface area contributed by atoms with E-state index in [1.165, 1.54) is 5.52 Å². The van der Waals surface area contributed by atoms with E-state index in [1.54, 1.807) is 4.90 Å². The quantitative estimate of drug-likeness (QED) is 0.861. The Morgan fingerprint density at radius 2 is 2.23 bits per heavy atom. The number of urea groups is 1. The summed E-state index contributed by atoms with van der Waals surface area (Å²) in [6.45, 7) is 3.56. The largest absolute Gasteiger partial charge is 0.395 e. The second-order valence-electron chi connectivity index (χ2n) is 5.86. The predicted molar refractivity (Wildman–Crippen MR) is 88.1 cm³/mol. The number of nitrogens with one attached hydrogen (secondary N) is 1. The van der Waals surface area contributed by atoms with E-state index in [4.69, 9.17) is 5.11 Å². The summed E-state index contributed by atoms with van der Waals surface area (Å²) in [5, 5.41) is 13.2. The molecule has 22 heavy (non-hydrogen) atoms. The number of aromatic nitrogens is 1. The van der Waals surface area contributed by atoms with Crippen molar-refractivity contribution in [2.75, 3.05) is 18.5 Å². The van der Waals surface area contributed by atoms with Crippen molar-refractivity contribution >= 4 is 22.6 Å². The summed E-state index contributed by atoms with van der Waals surface area (Å²) in [4.78, 5) is 14.1. The molecule has 5 heteroatoms. The molecule has 0 radical (unpaired) electrons. The molecule has 1 aliphatic carbocycles. The van der Waals surface area contributed by atoms with Crippen LogP contribution in [0.4, 0.5) is 10.5 Å². The average molecular weight is 301 g/mol. The van der Waals surface area contributed by atoms with Gasteiger partial charge in [-0.3, -0.25) is 0 Å². The fraction of sp³-hybridized carbons (Fsp3) is 0.471. The summed E-state index contributed by atoms with van der Waals surface area (Å²) in [5.74, 6) is 0. The SMILES string of the molecule is CCCn1ccc2cc(NC(=O)N(CCO)C3CC3)ccc21. The number of hydrogen-bond donors (Lipinski definition) is 2. The van der Waals surface area contributed by atoms with Gasteiger partial charge in [-0.1, -0.05) is 6.92 Å². The highest BCUT2D eigenvalue weighted by molar-refractivity contribution is 5.93. The lowest BCUT2D eigenvalue weighted by Crippen LogP contribution is -2.38. The van der Waals surface area contributed by atoms with Crippen LogP contribution in [0.1, 0.15) is 26.2 Å². The van der Waals surface area contributed by atoms with Crippen molar-refractivity contribution in [1.29, 1.82) is 0 Å². The van der Waals surface area contributed by atoms with Crippen molar-refractivity contribution in [3.05, 3.63) is 30.5 Å². The number of hydrogen-bond acceptors (Lipinski definition) is 2. The van der Waals surface area contributed by atoms with Crippen LogP contribution in [0, 0.1) is 0 Å². The highest BCUT2D eigenvalue weighted by atomic mass is 16.3. The summed E-state index contributed by atoms with van der Waals surface area (Å²) in [7, 11) is 0. The third kappa shape index (κ3) is 3.09. The Labute approximate surface area is 130 Å². The van der Waals surface area contributed by atoms with Gasteiger partial charge >= 0.3 is 6.03 Å². The molecular weight excluding hydrogens is 278 g/mol. The van der Waals surface area contributed by atoms with E-state index in [1.807, 2.05) is 18.2 Å². The van der Waals surface area contributed by atoms with Crippen LogP contribution in [0.15, 0.2) is 30.5 Å². The minimum absolute atomic E-state index is 0.00280. The zero-order valence-corrected chi connectivity index (χ0v) is 13.0. The minimum Gasteiger partial charge on any atom is -0.395 e. The summed E-state index contributed by atoms with van der Waals surface area (Å²) in [6, 6.07) is 8.24. The van der Waals surface area contributed by atoms with Crippen molar-refractivity contribution in [2.24, 2.45) is 0 Å². The van der Waals surface area contributed by atoms with Crippen LogP contribution in [0.3, 0.4) is 0 Å². The van der Waals surface area contributed by atoms with Crippen LogP contribution < -0.4 is 5.32 Å². The van der Waals surface area contributed by atoms with Crippen molar-refractivity contribution in [1.82, 2.24) is 9.47 Å². The van der Waals surface area contributed by atoms with Gasteiger partial charge in [0.25, 0.3) is 0 Å². The van der Waals surface area contributed by atoms with Crippen LogP contribution in [0.2, 0.25) is 0 Å². The lowest BCUT2D eigenvalue weighted by atomic mass is 10.2. The lowest BCUT2D eigenvalue weighted by molar-refractivity contribution is 0.185. The summed E-state index contributed by atoms with van der Waals surface area (Å²) in [6.07, 6.45) is 5.25. The van der Waals surface area contributed by atoms with Crippen LogP contribution in [-0.2, 0) is 6.54 Å². The van der Waals surface area contributed by atoms with E-state index in [0.717, 1.165) is 36.9 Å². The Hall–Kier alpha value is -2.01. The fourth-order valence-electron chi connectivity index (χ4n) is 2.85. The number of benzene rings is 1. The van der Waals surface area contributed by atoms with Gasteiger partial charge in [0.2, 0.25) is 0 Å². The molecular formula is C17H23N3O2. The van der Waals surface area contributed by atoms with Gasteiger partial charge in [-0.2, -0.15) is 0 Å². The minimum atomic E-state index is -0.121. The Bertz CT molecular complexity index is 661. The Morgan fingerprint density at radius 1 is 1.41 bits per heavy atom. The molecule has 0 atom stereocenters. The van der Waals surface area contributed by atoms with Gasteiger partial charge < -0.3 is 19.9 Å². The van der Waals surface area contributed by atoms with E-state index < -0.39 is 0 Å². The number of fused-ring (bicyclic) bond motifs is 1. The maximum Gasteiger partial charge on any atom is 0.322 e. The van der Waals surface area contributed by atoms with E-state index >= 15 is 0 Å². The molecule has 1 fully saturated rings. The molecule has 2 aromatic rings. The molecule has 2 amide bonds. The van der Waals surface area contributed by atoms with Gasteiger partial charge in [0.15, 0.2) is 0 Å². The third-order valence-corrected chi connectivity index (χ3v) is 4.08. The normalized spacial score (nSPS) is 14.3. The molecule has 118 valence electrons. The Morgan fingerprint density at radius 3 is 2.91 bits per heavy atom. The van der Waals surface area contributed by atoms with Crippen LogP contribution >= 0.6 is 0 Å². The van der Waals surface area contributed by atoms with Crippen LogP contribution in [-0.4, -0.2) is 39.8 Å². The molecule has 2 N–H and O–H groups in total. The predicted octanol–water partition coefficient (Wildman–Crippen LogP) is 3.04. The van der Waals surface area contributed by atoms with E-state index in [9.17, 15) is 4.79 Å². The van der Waals surface area contributed by atoms with E-state index in [0.29, 0.717) is 12.6 Å². The monoisotopic (exact) mass is 301 g/mol. The first kappa shape index (κ1) is 14.9. The molecule has 3 rings (SSSR count). The number of nitrogens with zero attached hydrogens (tertiary/aromatic N) is 2. The van der Waals surface area contributed by atoms with Gasteiger partial charge in [0.1, 0.15) is 0 Å². The maximum absolute atomic E-state index is 12.3. The number of aliphatic hydroxyl groups excluding tert-OH is 1. The van der Waals surface area contributed by atoms with Gasteiger partial charge in [0, 0.05) is 41.9 Å². The lowest BCUT2D eigenvalue weighted by Gasteiger charge is -2.21. The number of anilines is 1. The molecule has 0 unspecified atom stereocenters. The molecule has 0 aliphatic heterocycles. The first-order valence-electron chi connectivity index (χ1n) is 8.00. The molecule has 0 bridgehead atoms. The average Bonchev–Trinajstić information content (AvgIpc) is 3.27. The first-order valence-corrected chi connectivity index (χ1v) is 8.00. The highest BCUT2D eigenvalue weighted by Crippen LogP contribution is 2.27. The molecule has 1 saturated carbocycles. The molecule has 0 spiro atoms. The smallest absolute Gasteiger partial charge is 0.322 e. The number of aryl methyl sites for hydroxylation is 1. The molecule has 1 aliphatic rings. The van der Waals surface area contributed by atoms with Gasteiger partial charge in [0.05, 0.1) is 6.61 Å². The molecule has 5 nitrogen and oxygen atoms in total. The zero-order valence-electron chi connectivity index (χ0n) is 13.0. The second-order valence-corrected chi connectivity index (χ2v) is 5.86. The van der Waals surface area contributed by atoms with Crippen molar-refractivity contribution in [3.8, 4) is 0 Å². The number of rotatable bonds is 6. The second kappa shape index (κ2) is 6.40. The van der Waals surface area contributed by atoms with Crippen molar-refractivity contribution in [2.45, 2.75) is 38.8 Å². The van der Waals surface area contributed by atoms with E-state index in [-0.39, 0.29) is 12.6 Å². The first-order chi connectivity index (χ1) is 10.7. The number of aliphatic hydroxyl groups is 1. The van der Waals surface area contributed by atoms with Crippen molar-refractivity contribution in [3.63, 3.8) is 0 Å². The van der Waals surface area contributed by atoms with Crippen molar-refractivity contribution < 1.29 is 9.90 Å². The van der Waals surface area contributed by atoms with Gasteiger partial charge in [-0.15, -0.1) is 0 Å². The van der Waals surface area contributed by atoms with Crippen LogP contribution in [0.25, 0.3) is 10.9 Å². The third-order valence-electron chi connectivity index (χ3n) is 4.08.